The van der Waals surface area contributed by atoms with E-state index in [-0.39, 0.29) is 24.7 Å². The van der Waals surface area contributed by atoms with Crippen LogP contribution in [0.2, 0.25) is 0 Å². The number of benzene rings is 2. The molecule has 4 rings (SSSR count). The van der Waals surface area contributed by atoms with Crippen molar-refractivity contribution in [3.05, 3.63) is 42.2 Å². The molecule has 1 aliphatic heterocycles. The second kappa shape index (κ2) is 4.98. The van der Waals surface area contributed by atoms with Crippen LogP contribution in [0.3, 0.4) is 0 Å². The standard InChI is InChI=1S/C16H11FN2O4/c17-10-4-2-1-3-9(10)16-18-11-5-13-14(23-8-22-13)6-12(11)19(16)7-15(20)21/h1-6H,7-8H2,(H,20,21). The van der Waals surface area contributed by atoms with Gasteiger partial charge in [0.2, 0.25) is 6.79 Å². The molecule has 0 saturated carbocycles. The molecule has 0 spiro atoms. The Balaban J connectivity index is 2.00. The fraction of sp³-hybridized carbons (Fsp3) is 0.125. The van der Waals surface area contributed by atoms with E-state index in [1.807, 2.05) is 0 Å². The fourth-order valence-electron chi connectivity index (χ4n) is 2.66. The molecular formula is C16H11FN2O4. The highest BCUT2D eigenvalue weighted by atomic mass is 19.1. The molecule has 23 heavy (non-hydrogen) atoms. The van der Waals surface area contributed by atoms with Crippen LogP contribution >= 0.6 is 0 Å². The summed E-state index contributed by atoms with van der Waals surface area (Å²) in [5.41, 5.74) is 1.32. The molecule has 1 N–H and O–H groups in total. The van der Waals surface area contributed by atoms with Crippen molar-refractivity contribution in [2.24, 2.45) is 0 Å². The van der Waals surface area contributed by atoms with Gasteiger partial charge in [-0.15, -0.1) is 0 Å². The minimum absolute atomic E-state index is 0.112. The van der Waals surface area contributed by atoms with Crippen molar-refractivity contribution in [1.82, 2.24) is 9.55 Å². The number of carbonyl (C=O) groups is 1. The Bertz CT molecular complexity index is 935. The lowest BCUT2D eigenvalue weighted by Gasteiger charge is -2.07. The van der Waals surface area contributed by atoms with Gasteiger partial charge in [-0.3, -0.25) is 4.79 Å². The third kappa shape index (κ3) is 2.17. The predicted molar refractivity (Wildman–Crippen MR) is 78.9 cm³/mol. The van der Waals surface area contributed by atoms with E-state index in [1.165, 1.54) is 10.6 Å². The minimum Gasteiger partial charge on any atom is -0.480 e. The van der Waals surface area contributed by atoms with Crippen molar-refractivity contribution in [3.8, 4) is 22.9 Å². The van der Waals surface area contributed by atoms with Crippen LogP contribution in [0.25, 0.3) is 22.4 Å². The highest BCUT2D eigenvalue weighted by Crippen LogP contribution is 2.37. The number of aromatic nitrogens is 2. The maximum Gasteiger partial charge on any atom is 0.323 e. The SMILES string of the molecule is O=C(O)Cn1c(-c2ccccc2F)nc2cc3c(cc21)OCO3. The van der Waals surface area contributed by atoms with Gasteiger partial charge in [-0.1, -0.05) is 12.1 Å². The number of hydrogen-bond donors (Lipinski definition) is 1. The Morgan fingerprint density at radius 3 is 2.74 bits per heavy atom. The first-order valence-corrected chi connectivity index (χ1v) is 6.90. The average Bonchev–Trinajstić information content (AvgIpc) is 3.10. The zero-order chi connectivity index (χ0) is 16.0. The van der Waals surface area contributed by atoms with Gasteiger partial charge >= 0.3 is 5.97 Å². The van der Waals surface area contributed by atoms with E-state index < -0.39 is 11.8 Å². The number of hydrogen-bond acceptors (Lipinski definition) is 4. The lowest BCUT2D eigenvalue weighted by atomic mass is 10.2. The first-order valence-electron chi connectivity index (χ1n) is 6.90. The monoisotopic (exact) mass is 314 g/mol. The summed E-state index contributed by atoms with van der Waals surface area (Å²) in [5.74, 6) is -0.195. The number of fused-ring (bicyclic) bond motifs is 2. The summed E-state index contributed by atoms with van der Waals surface area (Å²) in [5, 5.41) is 9.18. The van der Waals surface area contributed by atoms with E-state index in [0.29, 0.717) is 22.5 Å². The van der Waals surface area contributed by atoms with Crippen molar-refractivity contribution in [1.29, 1.82) is 0 Å². The number of rotatable bonds is 3. The van der Waals surface area contributed by atoms with E-state index in [0.717, 1.165) is 0 Å². The molecule has 0 saturated heterocycles. The zero-order valence-corrected chi connectivity index (χ0v) is 11.8. The van der Waals surface area contributed by atoms with Crippen LogP contribution in [-0.2, 0) is 11.3 Å². The molecule has 0 bridgehead atoms. The lowest BCUT2D eigenvalue weighted by molar-refractivity contribution is -0.137. The molecule has 0 unspecified atom stereocenters. The van der Waals surface area contributed by atoms with Crippen molar-refractivity contribution >= 4 is 17.0 Å². The van der Waals surface area contributed by atoms with Gasteiger partial charge in [0.05, 0.1) is 16.6 Å². The van der Waals surface area contributed by atoms with Crippen LogP contribution in [-0.4, -0.2) is 27.4 Å². The van der Waals surface area contributed by atoms with Gasteiger partial charge < -0.3 is 19.1 Å². The van der Waals surface area contributed by atoms with E-state index in [1.54, 1.807) is 30.3 Å². The summed E-state index contributed by atoms with van der Waals surface area (Å²) in [6, 6.07) is 9.45. The maximum atomic E-state index is 14.1. The molecule has 7 heteroatoms. The quantitative estimate of drug-likeness (QED) is 0.804. The number of ether oxygens (including phenoxy) is 2. The summed E-state index contributed by atoms with van der Waals surface area (Å²) >= 11 is 0. The molecule has 1 aliphatic rings. The van der Waals surface area contributed by atoms with Crippen molar-refractivity contribution < 1.29 is 23.8 Å². The van der Waals surface area contributed by atoms with E-state index in [2.05, 4.69) is 4.98 Å². The Hall–Kier alpha value is -3.09. The molecule has 2 aromatic carbocycles. The molecular weight excluding hydrogens is 303 g/mol. The van der Waals surface area contributed by atoms with Crippen LogP contribution < -0.4 is 9.47 Å². The fourth-order valence-corrected chi connectivity index (χ4v) is 2.66. The van der Waals surface area contributed by atoms with Gasteiger partial charge in [0.25, 0.3) is 0 Å². The van der Waals surface area contributed by atoms with Gasteiger partial charge in [0, 0.05) is 12.1 Å². The maximum absolute atomic E-state index is 14.1. The summed E-state index contributed by atoms with van der Waals surface area (Å²) < 4.78 is 26.2. The van der Waals surface area contributed by atoms with Crippen LogP contribution in [0.15, 0.2) is 36.4 Å². The smallest absolute Gasteiger partial charge is 0.323 e. The number of nitrogens with zero attached hydrogens (tertiary/aromatic N) is 2. The largest absolute Gasteiger partial charge is 0.480 e. The van der Waals surface area contributed by atoms with E-state index >= 15 is 0 Å². The molecule has 2 heterocycles. The number of halogens is 1. The third-order valence-corrected chi connectivity index (χ3v) is 3.65. The molecule has 1 aromatic heterocycles. The minimum atomic E-state index is -1.04. The van der Waals surface area contributed by atoms with E-state index in [4.69, 9.17) is 9.47 Å². The third-order valence-electron chi connectivity index (χ3n) is 3.65. The summed E-state index contributed by atoms with van der Waals surface area (Å²) in [6.45, 7) is -0.221. The summed E-state index contributed by atoms with van der Waals surface area (Å²) in [7, 11) is 0. The molecule has 0 fully saturated rings. The van der Waals surface area contributed by atoms with Gasteiger partial charge in [-0.2, -0.15) is 0 Å². The summed E-state index contributed by atoms with van der Waals surface area (Å²) in [4.78, 5) is 15.6. The van der Waals surface area contributed by atoms with Crippen molar-refractivity contribution in [2.75, 3.05) is 6.79 Å². The van der Waals surface area contributed by atoms with Gasteiger partial charge in [-0.25, -0.2) is 9.37 Å². The molecule has 6 nitrogen and oxygen atoms in total. The van der Waals surface area contributed by atoms with Gasteiger partial charge in [0.15, 0.2) is 11.5 Å². The molecule has 3 aromatic rings. The lowest BCUT2D eigenvalue weighted by Crippen LogP contribution is -2.10. The number of aliphatic carboxylic acids is 1. The van der Waals surface area contributed by atoms with Crippen LogP contribution in [0.1, 0.15) is 0 Å². The van der Waals surface area contributed by atoms with Crippen molar-refractivity contribution in [2.45, 2.75) is 6.54 Å². The molecule has 0 radical (unpaired) electrons. The highest BCUT2D eigenvalue weighted by molar-refractivity contribution is 5.86. The first kappa shape index (κ1) is 13.6. The van der Waals surface area contributed by atoms with Gasteiger partial charge in [0.1, 0.15) is 18.2 Å². The molecule has 0 aliphatic carbocycles. The zero-order valence-electron chi connectivity index (χ0n) is 11.8. The van der Waals surface area contributed by atoms with Crippen LogP contribution in [0, 0.1) is 5.82 Å². The predicted octanol–water partition coefficient (Wildman–Crippen LogP) is 2.66. The Morgan fingerprint density at radius 1 is 1.26 bits per heavy atom. The van der Waals surface area contributed by atoms with Crippen LogP contribution in [0.5, 0.6) is 11.5 Å². The Morgan fingerprint density at radius 2 is 2.00 bits per heavy atom. The van der Waals surface area contributed by atoms with E-state index in [9.17, 15) is 14.3 Å². The number of carboxylic acids is 1. The number of imidazole rings is 1. The molecule has 0 atom stereocenters. The second-order valence-electron chi connectivity index (χ2n) is 5.09. The first-order chi connectivity index (χ1) is 11.1. The topological polar surface area (TPSA) is 73.6 Å². The molecule has 116 valence electrons. The normalized spacial score (nSPS) is 12.7. The van der Waals surface area contributed by atoms with Gasteiger partial charge in [-0.05, 0) is 12.1 Å². The Labute approximate surface area is 129 Å². The highest BCUT2D eigenvalue weighted by Gasteiger charge is 2.22. The second-order valence-corrected chi connectivity index (χ2v) is 5.09. The Kier molecular flexibility index (Phi) is 2.94. The van der Waals surface area contributed by atoms with Crippen molar-refractivity contribution in [3.63, 3.8) is 0 Å². The summed E-state index contributed by atoms with van der Waals surface area (Å²) in [6.07, 6.45) is 0. The molecule has 0 amide bonds. The number of carboxylic acid groups (broad SMARTS) is 1. The average molecular weight is 314 g/mol. The van der Waals surface area contributed by atoms with Crippen LogP contribution in [0.4, 0.5) is 4.39 Å².